The predicted molar refractivity (Wildman–Crippen MR) is 115 cm³/mol. The molecule has 2 aromatic heterocycles. The van der Waals surface area contributed by atoms with Crippen molar-refractivity contribution in [3.8, 4) is 11.4 Å². The molecule has 0 aliphatic carbocycles. The van der Waals surface area contributed by atoms with Crippen LogP contribution in [0.25, 0.3) is 17.0 Å². The second kappa shape index (κ2) is 8.97. The Kier molecular flexibility index (Phi) is 6.19. The van der Waals surface area contributed by atoms with E-state index in [0.29, 0.717) is 17.0 Å². The first kappa shape index (κ1) is 20.0. The van der Waals surface area contributed by atoms with Gasteiger partial charge in [-0.3, -0.25) is 9.20 Å². The molecule has 2 heterocycles. The van der Waals surface area contributed by atoms with Crippen molar-refractivity contribution in [2.45, 2.75) is 20.8 Å². The van der Waals surface area contributed by atoms with Crippen LogP contribution in [-0.2, 0) is 0 Å². The highest BCUT2D eigenvalue weighted by molar-refractivity contribution is 5.95. The summed E-state index contributed by atoms with van der Waals surface area (Å²) in [7, 11) is 1.61. The Labute approximate surface area is 169 Å². The van der Waals surface area contributed by atoms with Gasteiger partial charge in [0.25, 0.3) is 5.91 Å². The number of amides is 1. The number of hydrogen-bond donors (Lipinski definition) is 2. The number of fused-ring (bicyclic) bond motifs is 1. The van der Waals surface area contributed by atoms with Gasteiger partial charge in [0.1, 0.15) is 0 Å². The van der Waals surface area contributed by atoms with Crippen molar-refractivity contribution in [1.29, 1.82) is 0 Å². The molecule has 0 saturated carbocycles. The third-order valence-electron chi connectivity index (χ3n) is 4.34. The number of benzene rings is 2. The largest absolute Gasteiger partial charge is 0.355 e. The standard InChI is InChI=1S/C20H18N6O.C2H6/c1-13-8-9-15(20(27)21-2)12-16(13)23-17-19-25-24-18(26(19)11-10-22-17)14-6-4-3-5-7-14;1-2/h3-12H,1-2H3,(H,21,27)(H,22,23);1-2H3. The van der Waals surface area contributed by atoms with Crippen LogP contribution in [0, 0.1) is 6.92 Å². The molecule has 0 spiro atoms. The smallest absolute Gasteiger partial charge is 0.251 e. The van der Waals surface area contributed by atoms with E-state index in [1.165, 1.54) is 0 Å². The third kappa shape index (κ3) is 4.08. The maximum Gasteiger partial charge on any atom is 0.251 e. The van der Waals surface area contributed by atoms with E-state index in [1.807, 2.05) is 67.8 Å². The summed E-state index contributed by atoms with van der Waals surface area (Å²) in [6.07, 6.45) is 3.53. The van der Waals surface area contributed by atoms with Gasteiger partial charge in [0.2, 0.25) is 5.65 Å². The third-order valence-corrected chi connectivity index (χ3v) is 4.34. The van der Waals surface area contributed by atoms with Crippen LogP contribution in [0.3, 0.4) is 0 Å². The molecule has 7 nitrogen and oxygen atoms in total. The number of nitrogens with one attached hydrogen (secondary N) is 2. The average molecular weight is 388 g/mol. The summed E-state index contributed by atoms with van der Waals surface area (Å²) in [4.78, 5) is 16.3. The van der Waals surface area contributed by atoms with Crippen LogP contribution in [0.5, 0.6) is 0 Å². The second-order valence-electron chi connectivity index (χ2n) is 6.09. The number of aromatic nitrogens is 4. The van der Waals surface area contributed by atoms with Crippen LogP contribution in [0.15, 0.2) is 60.9 Å². The molecule has 29 heavy (non-hydrogen) atoms. The first-order chi connectivity index (χ1) is 14.2. The van der Waals surface area contributed by atoms with Crippen LogP contribution in [0.1, 0.15) is 29.8 Å². The Bertz CT molecular complexity index is 1120. The van der Waals surface area contributed by atoms with Gasteiger partial charge in [0.15, 0.2) is 11.6 Å². The van der Waals surface area contributed by atoms with E-state index in [4.69, 9.17) is 0 Å². The summed E-state index contributed by atoms with van der Waals surface area (Å²) in [5.41, 5.74) is 3.94. The zero-order valence-electron chi connectivity index (χ0n) is 17.0. The number of carbonyl (C=O) groups excluding carboxylic acids is 1. The van der Waals surface area contributed by atoms with Gasteiger partial charge < -0.3 is 10.6 Å². The van der Waals surface area contributed by atoms with Crippen LogP contribution < -0.4 is 10.6 Å². The highest BCUT2D eigenvalue weighted by Crippen LogP contribution is 2.25. The lowest BCUT2D eigenvalue weighted by molar-refractivity contribution is 0.0963. The molecule has 7 heteroatoms. The molecule has 0 aliphatic heterocycles. The van der Waals surface area contributed by atoms with Gasteiger partial charge in [-0.2, -0.15) is 0 Å². The fourth-order valence-corrected chi connectivity index (χ4v) is 2.87. The van der Waals surface area contributed by atoms with Crippen molar-refractivity contribution >= 4 is 23.1 Å². The highest BCUT2D eigenvalue weighted by atomic mass is 16.1. The van der Waals surface area contributed by atoms with Gasteiger partial charge >= 0.3 is 0 Å². The summed E-state index contributed by atoms with van der Waals surface area (Å²) < 4.78 is 1.89. The first-order valence-electron chi connectivity index (χ1n) is 9.52. The van der Waals surface area contributed by atoms with Crippen LogP contribution in [0.4, 0.5) is 11.5 Å². The van der Waals surface area contributed by atoms with E-state index in [2.05, 4.69) is 25.8 Å². The minimum Gasteiger partial charge on any atom is -0.355 e. The van der Waals surface area contributed by atoms with Crippen molar-refractivity contribution in [3.63, 3.8) is 0 Å². The number of nitrogens with zero attached hydrogens (tertiary/aromatic N) is 4. The SMILES string of the molecule is CC.CNC(=O)c1ccc(C)c(Nc2nccn3c(-c4ccccc4)nnc23)c1. The summed E-state index contributed by atoms with van der Waals surface area (Å²) >= 11 is 0. The Morgan fingerprint density at radius 2 is 1.79 bits per heavy atom. The van der Waals surface area contributed by atoms with E-state index >= 15 is 0 Å². The normalized spacial score (nSPS) is 10.2. The molecule has 148 valence electrons. The van der Waals surface area contributed by atoms with Crippen LogP contribution in [-0.4, -0.2) is 32.5 Å². The molecule has 0 aliphatic rings. The van der Waals surface area contributed by atoms with Gasteiger partial charge in [-0.05, 0) is 24.6 Å². The predicted octanol–water partition coefficient (Wildman–Crippen LogP) is 4.23. The molecule has 0 saturated heterocycles. The summed E-state index contributed by atoms with van der Waals surface area (Å²) in [5.74, 6) is 1.18. The van der Waals surface area contributed by atoms with E-state index in [1.54, 1.807) is 25.4 Å². The van der Waals surface area contributed by atoms with Crippen molar-refractivity contribution in [1.82, 2.24) is 24.9 Å². The van der Waals surface area contributed by atoms with Crippen molar-refractivity contribution < 1.29 is 4.79 Å². The zero-order chi connectivity index (χ0) is 20.8. The molecule has 2 aromatic carbocycles. The maximum absolute atomic E-state index is 11.9. The number of hydrogen-bond acceptors (Lipinski definition) is 5. The molecule has 0 atom stereocenters. The molecule has 0 unspecified atom stereocenters. The molecule has 0 bridgehead atoms. The van der Waals surface area contributed by atoms with Crippen molar-refractivity contribution in [3.05, 3.63) is 72.1 Å². The van der Waals surface area contributed by atoms with Crippen LogP contribution in [0.2, 0.25) is 0 Å². The van der Waals surface area contributed by atoms with Gasteiger partial charge in [-0.1, -0.05) is 50.2 Å². The van der Waals surface area contributed by atoms with Crippen molar-refractivity contribution in [2.24, 2.45) is 0 Å². The minimum absolute atomic E-state index is 0.141. The second-order valence-corrected chi connectivity index (χ2v) is 6.09. The van der Waals surface area contributed by atoms with Crippen molar-refractivity contribution in [2.75, 3.05) is 12.4 Å². The molecule has 4 rings (SSSR count). The Morgan fingerprint density at radius 1 is 1.03 bits per heavy atom. The molecular weight excluding hydrogens is 364 g/mol. The number of carbonyl (C=O) groups is 1. The fourth-order valence-electron chi connectivity index (χ4n) is 2.87. The topological polar surface area (TPSA) is 84.2 Å². The molecular formula is C22H24N6O. The molecule has 1 amide bonds. The monoisotopic (exact) mass is 388 g/mol. The van der Waals surface area contributed by atoms with Gasteiger partial charge in [0, 0.05) is 36.3 Å². The summed E-state index contributed by atoms with van der Waals surface area (Å²) in [6.45, 7) is 5.97. The lowest BCUT2D eigenvalue weighted by Gasteiger charge is -2.11. The number of aryl methyl sites for hydroxylation is 1. The minimum atomic E-state index is -0.141. The van der Waals surface area contributed by atoms with E-state index in [-0.39, 0.29) is 5.91 Å². The fraction of sp³-hybridized carbons (Fsp3) is 0.182. The lowest BCUT2D eigenvalue weighted by Crippen LogP contribution is -2.17. The Balaban J connectivity index is 0.00000117. The summed E-state index contributed by atoms with van der Waals surface area (Å²) in [5, 5.41) is 14.5. The van der Waals surface area contributed by atoms with Gasteiger partial charge in [-0.25, -0.2) is 4.98 Å². The highest BCUT2D eigenvalue weighted by Gasteiger charge is 2.13. The van der Waals surface area contributed by atoms with Crippen LogP contribution >= 0.6 is 0 Å². The van der Waals surface area contributed by atoms with E-state index in [0.717, 1.165) is 22.6 Å². The van der Waals surface area contributed by atoms with E-state index in [9.17, 15) is 4.79 Å². The lowest BCUT2D eigenvalue weighted by atomic mass is 10.1. The molecule has 0 radical (unpaired) electrons. The average Bonchev–Trinajstić information content (AvgIpc) is 3.22. The number of rotatable bonds is 4. The Hall–Kier alpha value is -3.74. The van der Waals surface area contributed by atoms with E-state index < -0.39 is 0 Å². The first-order valence-corrected chi connectivity index (χ1v) is 9.52. The summed E-state index contributed by atoms with van der Waals surface area (Å²) in [6, 6.07) is 15.3. The Morgan fingerprint density at radius 3 is 2.52 bits per heavy atom. The molecule has 2 N–H and O–H groups in total. The van der Waals surface area contributed by atoms with Gasteiger partial charge in [0.05, 0.1) is 0 Å². The quantitative estimate of drug-likeness (QED) is 0.547. The number of anilines is 2. The van der Waals surface area contributed by atoms with Gasteiger partial charge in [-0.15, -0.1) is 10.2 Å². The maximum atomic E-state index is 11.9. The zero-order valence-corrected chi connectivity index (χ0v) is 17.0. The molecule has 0 fully saturated rings. The molecule has 4 aromatic rings.